The summed E-state index contributed by atoms with van der Waals surface area (Å²) in [6.45, 7) is 4.57. The van der Waals surface area contributed by atoms with Crippen LogP contribution in [0.25, 0.3) is 6.08 Å². The fraction of sp³-hybridized carbons (Fsp3) is 0.207. The topological polar surface area (TPSA) is 73.2 Å². The molecular weight excluding hydrogens is 470 g/mol. The van der Waals surface area contributed by atoms with E-state index in [0.29, 0.717) is 16.6 Å². The van der Waals surface area contributed by atoms with E-state index >= 15 is 0 Å². The van der Waals surface area contributed by atoms with Crippen molar-refractivity contribution < 1.29 is 14.7 Å². The number of amidine groups is 1. The number of carbonyl (C=O) groups excluding carboxylic acids is 1. The van der Waals surface area contributed by atoms with Crippen LogP contribution in [0.4, 0.5) is 11.4 Å². The summed E-state index contributed by atoms with van der Waals surface area (Å²) < 4.78 is 0. The molecule has 1 N–H and O–H groups in total. The van der Waals surface area contributed by atoms with Crippen molar-refractivity contribution >= 4 is 46.3 Å². The Morgan fingerprint density at radius 1 is 1.03 bits per heavy atom. The van der Waals surface area contributed by atoms with Crippen molar-refractivity contribution in [1.82, 2.24) is 4.90 Å². The molecule has 3 aromatic rings. The number of carboxylic acids is 1. The lowest BCUT2D eigenvalue weighted by Gasteiger charge is -2.18. The van der Waals surface area contributed by atoms with Crippen molar-refractivity contribution in [2.75, 3.05) is 18.0 Å². The number of nitrogens with zero attached hydrogens (tertiary/aromatic N) is 3. The van der Waals surface area contributed by atoms with Gasteiger partial charge < -0.3 is 10.0 Å². The number of benzene rings is 3. The van der Waals surface area contributed by atoms with Gasteiger partial charge in [-0.1, -0.05) is 36.4 Å². The average molecular weight is 498 g/mol. The Kier molecular flexibility index (Phi) is 6.91. The minimum Gasteiger partial charge on any atom is -0.478 e. The predicted molar refractivity (Wildman–Crippen MR) is 146 cm³/mol. The summed E-state index contributed by atoms with van der Waals surface area (Å²) in [4.78, 5) is 34.2. The van der Waals surface area contributed by atoms with E-state index in [-0.39, 0.29) is 11.5 Å². The van der Waals surface area contributed by atoms with Crippen LogP contribution in [-0.2, 0) is 11.3 Å². The molecule has 2 saturated heterocycles. The van der Waals surface area contributed by atoms with Crippen LogP contribution < -0.4 is 4.90 Å². The van der Waals surface area contributed by atoms with Crippen molar-refractivity contribution in [3.63, 3.8) is 0 Å². The first-order valence-electron chi connectivity index (χ1n) is 12.0. The van der Waals surface area contributed by atoms with Crippen molar-refractivity contribution in [3.05, 3.63) is 100.0 Å². The standard InChI is InChI=1S/C29H27N3O3S/c1-20-17-25(31-15-5-6-16-31)14-13-23(20)18-26-27(33)32(19-21-9-11-22(12-10-21)28(34)35)29(36-26)30-24-7-3-2-4-8-24/h2-4,7-14,17-18H,5-6,15-16,19H2,1H3,(H,34,35)/b26-18-,30-29?. The number of aliphatic imine (C=N–C) groups is 1. The van der Waals surface area contributed by atoms with E-state index in [0.717, 1.165) is 35.5 Å². The largest absolute Gasteiger partial charge is 0.478 e. The number of hydrogen-bond donors (Lipinski definition) is 1. The molecule has 0 bridgehead atoms. The highest BCUT2D eigenvalue weighted by molar-refractivity contribution is 8.18. The number of hydrogen-bond acceptors (Lipinski definition) is 5. The zero-order chi connectivity index (χ0) is 25.1. The van der Waals surface area contributed by atoms with Gasteiger partial charge in [0.05, 0.1) is 22.7 Å². The summed E-state index contributed by atoms with van der Waals surface area (Å²) in [6.07, 6.45) is 4.41. The van der Waals surface area contributed by atoms with Gasteiger partial charge in [0.1, 0.15) is 0 Å². The van der Waals surface area contributed by atoms with E-state index in [2.05, 4.69) is 30.0 Å². The van der Waals surface area contributed by atoms with Crippen LogP contribution in [0.2, 0.25) is 0 Å². The molecule has 0 aromatic heterocycles. The molecule has 1 amide bonds. The van der Waals surface area contributed by atoms with E-state index in [4.69, 9.17) is 4.99 Å². The number of rotatable bonds is 6. The maximum absolute atomic E-state index is 13.5. The zero-order valence-corrected chi connectivity index (χ0v) is 20.9. The van der Waals surface area contributed by atoms with Gasteiger partial charge in [-0.3, -0.25) is 9.69 Å². The van der Waals surface area contributed by atoms with Crippen molar-refractivity contribution in [1.29, 1.82) is 0 Å². The number of thioether (sulfide) groups is 1. The SMILES string of the molecule is Cc1cc(N2CCCC2)ccc1/C=C1\SC(=Nc2ccccc2)N(Cc2ccc(C(=O)O)cc2)C1=O. The molecular formula is C29H27N3O3S. The molecule has 6 nitrogen and oxygen atoms in total. The van der Waals surface area contributed by atoms with Gasteiger partial charge >= 0.3 is 5.97 Å². The number of carboxylic acid groups (broad SMARTS) is 1. The molecule has 0 atom stereocenters. The van der Waals surface area contributed by atoms with Crippen LogP contribution in [0, 0.1) is 6.92 Å². The number of aromatic carboxylic acids is 1. The van der Waals surface area contributed by atoms with E-state index in [9.17, 15) is 14.7 Å². The van der Waals surface area contributed by atoms with E-state index in [1.54, 1.807) is 29.2 Å². The van der Waals surface area contributed by atoms with Gasteiger partial charge in [-0.25, -0.2) is 9.79 Å². The Labute approximate surface area is 215 Å². The second-order valence-corrected chi connectivity index (χ2v) is 9.98. The summed E-state index contributed by atoms with van der Waals surface area (Å²) in [6, 6.07) is 22.6. The van der Waals surface area contributed by atoms with E-state index in [1.807, 2.05) is 36.4 Å². The lowest BCUT2D eigenvalue weighted by atomic mass is 10.1. The fourth-order valence-corrected chi connectivity index (χ4v) is 5.40. The Bertz CT molecular complexity index is 1340. The minimum atomic E-state index is -0.975. The van der Waals surface area contributed by atoms with Crippen LogP contribution in [0.3, 0.4) is 0 Å². The average Bonchev–Trinajstić information content (AvgIpc) is 3.51. The summed E-state index contributed by atoms with van der Waals surface area (Å²) >= 11 is 1.37. The Morgan fingerprint density at radius 3 is 2.42 bits per heavy atom. The number of para-hydroxylation sites is 1. The predicted octanol–water partition coefficient (Wildman–Crippen LogP) is 6.10. The van der Waals surface area contributed by atoms with Crippen LogP contribution in [0.15, 0.2) is 82.7 Å². The third-order valence-corrected chi connectivity index (χ3v) is 7.43. The van der Waals surface area contributed by atoms with Gasteiger partial charge in [-0.15, -0.1) is 0 Å². The van der Waals surface area contributed by atoms with Gasteiger partial charge in [-0.2, -0.15) is 0 Å². The molecule has 7 heteroatoms. The fourth-order valence-electron chi connectivity index (χ4n) is 4.41. The maximum Gasteiger partial charge on any atom is 0.335 e. The van der Waals surface area contributed by atoms with Gasteiger partial charge in [0, 0.05) is 18.8 Å². The molecule has 5 rings (SSSR count). The summed E-state index contributed by atoms with van der Waals surface area (Å²) in [5, 5.41) is 9.79. The maximum atomic E-state index is 13.5. The van der Waals surface area contributed by atoms with Gasteiger partial charge in [0.25, 0.3) is 5.91 Å². The van der Waals surface area contributed by atoms with Crippen molar-refractivity contribution in [3.8, 4) is 0 Å². The Balaban J connectivity index is 1.45. The third kappa shape index (κ3) is 5.21. The quantitative estimate of drug-likeness (QED) is 0.417. The molecule has 2 fully saturated rings. The van der Waals surface area contributed by atoms with E-state index in [1.165, 1.54) is 30.3 Å². The number of aryl methyl sites for hydroxylation is 1. The molecule has 3 aromatic carbocycles. The van der Waals surface area contributed by atoms with Crippen LogP contribution >= 0.6 is 11.8 Å². The van der Waals surface area contributed by atoms with Gasteiger partial charge in [-0.05, 0) is 90.7 Å². The van der Waals surface area contributed by atoms with Crippen molar-refractivity contribution in [2.45, 2.75) is 26.3 Å². The molecule has 2 aliphatic heterocycles. The van der Waals surface area contributed by atoms with Crippen LogP contribution in [0.1, 0.15) is 39.9 Å². The number of amides is 1. The van der Waals surface area contributed by atoms with Gasteiger partial charge in [0.2, 0.25) is 0 Å². The summed E-state index contributed by atoms with van der Waals surface area (Å²) in [5.41, 5.74) is 5.20. The molecule has 182 valence electrons. The molecule has 0 radical (unpaired) electrons. The van der Waals surface area contributed by atoms with Gasteiger partial charge in [0.15, 0.2) is 5.17 Å². The summed E-state index contributed by atoms with van der Waals surface area (Å²) in [5.74, 6) is -1.09. The molecule has 2 heterocycles. The Morgan fingerprint density at radius 2 is 1.75 bits per heavy atom. The smallest absolute Gasteiger partial charge is 0.335 e. The lowest BCUT2D eigenvalue weighted by molar-refractivity contribution is -0.122. The van der Waals surface area contributed by atoms with Crippen LogP contribution in [0.5, 0.6) is 0 Å². The minimum absolute atomic E-state index is 0.111. The highest BCUT2D eigenvalue weighted by Gasteiger charge is 2.33. The number of anilines is 1. The second-order valence-electron chi connectivity index (χ2n) is 8.97. The van der Waals surface area contributed by atoms with Crippen molar-refractivity contribution in [2.24, 2.45) is 4.99 Å². The monoisotopic (exact) mass is 497 g/mol. The first kappa shape index (κ1) is 23.9. The molecule has 0 unspecified atom stereocenters. The molecule has 0 spiro atoms. The zero-order valence-electron chi connectivity index (χ0n) is 20.1. The normalized spacial score (nSPS) is 18.0. The Hall–Kier alpha value is -3.84. The van der Waals surface area contributed by atoms with Crippen LogP contribution in [-0.4, -0.2) is 40.1 Å². The molecule has 0 aliphatic carbocycles. The van der Waals surface area contributed by atoms with E-state index < -0.39 is 5.97 Å². The third-order valence-electron chi connectivity index (χ3n) is 6.42. The highest BCUT2D eigenvalue weighted by atomic mass is 32.2. The molecule has 0 saturated carbocycles. The number of carbonyl (C=O) groups is 2. The first-order valence-corrected chi connectivity index (χ1v) is 12.8. The first-order chi connectivity index (χ1) is 17.5. The molecule has 36 heavy (non-hydrogen) atoms. The second kappa shape index (κ2) is 10.4. The highest BCUT2D eigenvalue weighted by Crippen LogP contribution is 2.36. The lowest BCUT2D eigenvalue weighted by Crippen LogP contribution is -2.28. The molecule has 2 aliphatic rings. The summed E-state index contributed by atoms with van der Waals surface area (Å²) in [7, 11) is 0.